The molecule has 2 aliphatic rings. The second-order valence-electron chi connectivity index (χ2n) is 8.69. The Morgan fingerprint density at radius 3 is 2.54 bits per heavy atom. The molecule has 0 saturated carbocycles. The van der Waals surface area contributed by atoms with Crippen molar-refractivity contribution in [3.63, 3.8) is 0 Å². The van der Waals surface area contributed by atoms with Crippen LogP contribution in [0.2, 0.25) is 0 Å². The van der Waals surface area contributed by atoms with E-state index in [2.05, 4.69) is 11.2 Å². The molecule has 0 amide bonds. The molecule has 1 unspecified atom stereocenters. The lowest BCUT2D eigenvalue weighted by atomic mass is 9.69. The fourth-order valence-electron chi connectivity index (χ4n) is 4.61. The van der Waals surface area contributed by atoms with Gasteiger partial charge in [-0.05, 0) is 48.7 Å². The van der Waals surface area contributed by atoms with Crippen LogP contribution >= 0.6 is 12.2 Å². The minimum absolute atomic E-state index is 0.0791. The summed E-state index contributed by atoms with van der Waals surface area (Å²) in [6, 6.07) is 7.69. The molecule has 184 valence electrons. The van der Waals surface area contributed by atoms with Gasteiger partial charge in [0.2, 0.25) is 0 Å². The minimum atomic E-state index is -1.55. The van der Waals surface area contributed by atoms with Crippen molar-refractivity contribution in [3.05, 3.63) is 82.7 Å². The van der Waals surface area contributed by atoms with E-state index in [1.807, 2.05) is 5.01 Å². The molecule has 6 nitrogen and oxygen atoms in total. The van der Waals surface area contributed by atoms with E-state index in [1.165, 1.54) is 12.1 Å². The first kappa shape index (κ1) is 23.9. The van der Waals surface area contributed by atoms with E-state index in [0.29, 0.717) is 25.9 Å². The summed E-state index contributed by atoms with van der Waals surface area (Å²) in [5.41, 5.74) is 3.19. The van der Waals surface area contributed by atoms with Crippen LogP contribution in [-0.4, -0.2) is 51.1 Å². The maximum atomic E-state index is 13.5. The average Bonchev–Trinajstić information content (AvgIpc) is 3.26. The molecule has 1 aromatic heterocycles. The first-order valence-corrected chi connectivity index (χ1v) is 11.6. The average molecular weight is 507 g/mol. The van der Waals surface area contributed by atoms with E-state index in [1.54, 1.807) is 34.5 Å². The van der Waals surface area contributed by atoms with Crippen molar-refractivity contribution in [2.45, 2.75) is 12.8 Å². The molecular formula is C24H22F4N4O2S. The molecular weight excluding hydrogens is 484 g/mol. The highest BCUT2D eigenvalue weighted by Crippen LogP contribution is 2.44. The van der Waals surface area contributed by atoms with Gasteiger partial charge in [0.05, 0.1) is 24.2 Å². The van der Waals surface area contributed by atoms with Gasteiger partial charge >= 0.3 is 0 Å². The number of hydrazine groups is 1. The summed E-state index contributed by atoms with van der Waals surface area (Å²) >= 11 is 0.851. The third-order valence-electron chi connectivity index (χ3n) is 6.50. The number of fused-ring (bicyclic) bond motifs is 2. The number of aromatic nitrogens is 2. The Bertz CT molecular complexity index is 1260. The number of piperidine rings is 1. The summed E-state index contributed by atoms with van der Waals surface area (Å²) < 4.78 is 62.3. The van der Waals surface area contributed by atoms with Gasteiger partial charge in [0.1, 0.15) is 11.6 Å². The Balaban J connectivity index is 1.32. The fraction of sp³-hybridized carbons (Fsp3) is 0.292. The van der Waals surface area contributed by atoms with Crippen LogP contribution in [0.15, 0.2) is 48.2 Å². The standard InChI is InChI=1S/C24H22F4N4O2S/c1-30(35-34-19-9-20(26)23(28)21(27)10-19)31-7-6-16-8-22-15(11-24(16,13-31)14-33)12-29-32(22)18-4-2-17(25)3-5-18/h2-5,8-10,12,33H,6-7,11,13-14H2,1H3. The molecule has 0 spiro atoms. The van der Waals surface area contributed by atoms with Gasteiger partial charge in [-0.25, -0.2) is 27.3 Å². The van der Waals surface area contributed by atoms with Gasteiger partial charge in [0, 0.05) is 37.7 Å². The van der Waals surface area contributed by atoms with Crippen LogP contribution in [0.5, 0.6) is 5.75 Å². The second-order valence-corrected chi connectivity index (χ2v) is 9.53. The number of aliphatic hydroxyl groups is 1. The molecule has 3 aromatic rings. The molecule has 35 heavy (non-hydrogen) atoms. The maximum absolute atomic E-state index is 13.5. The van der Waals surface area contributed by atoms with E-state index in [9.17, 15) is 22.7 Å². The van der Waals surface area contributed by atoms with E-state index in [-0.39, 0.29) is 18.2 Å². The first-order chi connectivity index (χ1) is 16.8. The van der Waals surface area contributed by atoms with Gasteiger partial charge in [-0.1, -0.05) is 5.57 Å². The van der Waals surface area contributed by atoms with Gasteiger partial charge in [-0.3, -0.25) is 0 Å². The number of hydrogen-bond donors (Lipinski definition) is 1. The van der Waals surface area contributed by atoms with E-state index >= 15 is 0 Å². The normalized spacial score (nSPS) is 19.9. The third-order valence-corrected chi connectivity index (χ3v) is 7.22. The predicted octanol–water partition coefficient (Wildman–Crippen LogP) is 4.54. The summed E-state index contributed by atoms with van der Waals surface area (Å²) in [5, 5.41) is 16.9. The summed E-state index contributed by atoms with van der Waals surface area (Å²) in [4.78, 5) is 0. The highest BCUT2D eigenvalue weighted by atomic mass is 32.2. The second kappa shape index (κ2) is 9.30. The molecule has 2 heterocycles. The molecule has 0 bridgehead atoms. The monoisotopic (exact) mass is 506 g/mol. The SMILES string of the molecule is CN(SOc1cc(F)c(F)c(F)c1)N1CCC2=Cc3c(cnn3-c3ccc(F)cc3)CC2(CO)C1. The molecule has 1 saturated heterocycles. The molecule has 5 rings (SSSR count). The predicted molar refractivity (Wildman–Crippen MR) is 123 cm³/mol. The topological polar surface area (TPSA) is 53.8 Å². The van der Waals surface area contributed by atoms with Crippen LogP contribution in [0.3, 0.4) is 0 Å². The molecule has 2 aromatic carbocycles. The summed E-state index contributed by atoms with van der Waals surface area (Å²) in [7, 11) is 1.74. The lowest BCUT2D eigenvalue weighted by molar-refractivity contribution is -0.000898. The largest absolute Gasteiger partial charge is 0.408 e. The number of nitrogens with zero attached hydrogens (tertiary/aromatic N) is 4. The van der Waals surface area contributed by atoms with Gasteiger partial charge in [-0.2, -0.15) is 9.51 Å². The van der Waals surface area contributed by atoms with E-state index in [0.717, 1.165) is 46.9 Å². The smallest absolute Gasteiger partial charge is 0.194 e. The zero-order chi connectivity index (χ0) is 24.7. The molecule has 1 fully saturated rings. The Hall–Kier alpha value is -2.86. The first-order valence-electron chi connectivity index (χ1n) is 10.9. The summed E-state index contributed by atoms with van der Waals surface area (Å²) in [6.07, 6.45) is 5.05. The van der Waals surface area contributed by atoms with Crippen LogP contribution in [-0.2, 0) is 6.42 Å². The number of hydrogen-bond acceptors (Lipinski definition) is 6. The van der Waals surface area contributed by atoms with Crippen LogP contribution in [0.4, 0.5) is 17.6 Å². The number of aliphatic hydroxyl groups excluding tert-OH is 1. The van der Waals surface area contributed by atoms with Crippen molar-refractivity contribution < 1.29 is 26.9 Å². The van der Waals surface area contributed by atoms with Crippen molar-refractivity contribution >= 4 is 18.3 Å². The van der Waals surface area contributed by atoms with Crippen LogP contribution < -0.4 is 4.18 Å². The Morgan fingerprint density at radius 1 is 1.14 bits per heavy atom. The quantitative estimate of drug-likeness (QED) is 0.229. The van der Waals surface area contributed by atoms with Gasteiger partial charge in [0.25, 0.3) is 0 Å². The van der Waals surface area contributed by atoms with E-state index < -0.39 is 22.9 Å². The highest BCUT2D eigenvalue weighted by Gasteiger charge is 2.43. The van der Waals surface area contributed by atoms with Crippen molar-refractivity contribution in [2.75, 3.05) is 26.7 Å². The molecule has 1 atom stereocenters. The van der Waals surface area contributed by atoms with Crippen LogP contribution in [0.25, 0.3) is 11.8 Å². The Morgan fingerprint density at radius 2 is 1.86 bits per heavy atom. The molecule has 1 N–H and O–H groups in total. The number of rotatable bonds is 6. The maximum Gasteiger partial charge on any atom is 0.194 e. The van der Waals surface area contributed by atoms with Gasteiger partial charge in [0.15, 0.2) is 29.7 Å². The molecule has 0 radical (unpaired) electrons. The number of benzene rings is 2. The number of halogens is 4. The third kappa shape index (κ3) is 4.44. The lowest BCUT2D eigenvalue weighted by Gasteiger charge is -2.47. The Kier molecular flexibility index (Phi) is 6.34. The fourth-order valence-corrected chi connectivity index (χ4v) is 5.13. The van der Waals surface area contributed by atoms with Crippen molar-refractivity contribution in [1.82, 2.24) is 19.2 Å². The summed E-state index contributed by atoms with van der Waals surface area (Å²) in [5.74, 6) is -4.66. The van der Waals surface area contributed by atoms with Crippen molar-refractivity contribution in [2.24, 2.45) is 5.41 Å². The summed E-state index contributed by atoms with van der Waals surface area (Å²) in [6.45, 7) is 1.02. The van der Waals surface area contributed by atoms with Crippen molar-refractivity contribution in [1.29, 1.82) is 0 Å². The lowest BCUT2D eigenvalue weighted by Crippen LogP contribution is -2.52. The van der Waals surface area contributed by atoms with E-state index in [4.69, 9.17) is 4.18 Å². The minimum Gasteiger partial charge on any atom is -0.408 e. The van der Waals surface area contributed by atoms with Crippen LogP contribution in [0, 0.1) is 28.7 Å². The van der Waals surface area contributed by atoms with Crippen LogP contribution in [0.1, 0.15) is 17.7 Å². The molecule has 11 heteroatoms. The highest BCUT2D eigenvalue weighted by molar-refractivity contribution is 7.92. The van der Waals surface area contributed by atoms with Gasteiger partial charge in [-0.15, -0.1) is 0 Å². The Labute approximate surface area is 203 Å². The molecule has 1 aliphatic heterocycles. The zero-order valence-electron chi connectivity index (χ0n) is 18.7. The van der Waals surface area contributed by atoms with Gasteiger partial charge < -0.3 is 9.29 Å². The van der Waals surface area contributed by atoms with Crippen molar-refractivity contribution in [3.8, 4) is 11.4 Å². The molecule has 1 aliphatic carbocycles. The zero-order valence-corrected chi connectivity index (χ0v) is 19.5.